The van der Waals surface area contributed by atoms with E-state index in [4.69, 9.17) is 15.1 Å². The molecule has 0 bridgehead atoms. The Hall–Kier alpha value is -5.70. The van der Waals surface area contributed by atoms with Gasteiger partial charge in [0.05, 0.1) is 28.9 Å². The molecule has 0 saturated carbocycles. The molecule has 0 saturated heterocycles. The maximum atomic E-state index is 9.58. The van der Waals surface area contributed by atoms with Crippen LogP contribution in [0.3, 0.4) is 0 Å². The van der Waals surface area contributed by atoms with Gasteiger partial charge in [0, 0.05) is 45.8 Å². The molecule has 2 aliphatic carbocycles. The first-order valence-electron chi connectivity index (χ1n) is 16.5. The molecule has 5 aromatic rings. The van der Waals surface area contributed by atoms with Crippen LogP contribution in [0, 0.1) is 11.3 Å². The third-order valence-electron chi connectivity index (χ3n) is 9.93. The lowest BCUT2D eigenvalue weighted by atomic mass is 9.79. The van der Waals surface area contributed by atoms with E-state index in [1.54, 1.807) is 6.07 Å². The summed E-state index contributed by atoms with van der Waals surface area (Å²) in [5.74, 6) is 1.59. The number of benzene rings is 4. The fourth-order valence-corrected chi connectivity index (χ4v) is 7.53. The van der Waals surface area contributed by atoms with Gasteiger partial charge < -0.3 is 15.1 Å². The van der Waals surface area contributed by atoms with E-state index in [1.807, 2.05) is 60.8 Å². The summed E-state index contributed by atoms with van der Waals surface area (Å²) in [5.41, 5.74) is 16.1. The second kappa shape index (κ2) is 11.8. The molecular formula is C43H36N4O. The summed E-state index contributed by atoms with van der Waals surface area (Å²) in [6, 6.07) is 36.6. The summed E-state index contributed by atoms with van der Waals surface area (Å²) in [6.45, 7) is 4.58. The number of hydrogen-bond donors (Lipinski definition) is 1. The molecule has 3 aliphatic rings. The van der Waals surface area contributed by atoms with Crippen LogP contribution in [0.15, 0.2) is 125 Å². The summed E-state index contributed by atoms with van der Waals surface area (Å²) in [4.78, 5) is 7.46. The SMILES string of the molecule is CC1CC=Cc2c1oc1c2=CC2(C)C(C=1)c1ccccc1N2c1cccc(C=N/C(=C\C(N)c2ccccc2)c2cccc(C#N)c2)c1. The van der Waals surface area contributed by atoms with E-state index in [0.29, 0.717) is 17.2 Å². The van der Waals surface area contributed by atoms with E-state index < -0.39 is 0 Å². The zero-order valence-corrected chi connectivity index (χ0v) is 27.0. The highest BCUT2D eigenvalue weighted by Crippen LogP contribution is 2.53. The third-order valence-corrected chi connectivity index (χ3v) is 9.93. The summed E-state index contributed by atoms with van der Waals surface area (Å²) >= 11 is 0. The normalized spacial score (nSPS) is 21.4. The number of aliphatic imine (C=N–C) groups is 1. The van der Waals surface area contributed by atoms with Gasteiger partial charge in [-0.15, -0.1) is 0 Å². The van der Waals surface area contributed by atoms with Crippen molar-refractivity contribution >= 4 is 41.5 Å². The molecule has 1 aliphatic heterocycles. The van der Waals surface area contributed by atoms with Gasteiger partial charge in [-0.05, 0) is 78.6 Å². The molecule has 5 nitrogen and oxygen atoms in total. The number of fused-ring (bicyclic) bond motifs is 6. The van der Waals surface area contributed by atoms with Crippen molar-refractivity contribution in [3.63, 3.8) is 0 Å². The van der Waals surface area contributed by atoms with Crippen molar-refractivity contribution in [2.24, 2.45) is 10.7 Å². The van der Waals surface area contributed by atoms with Crippen LogP contribution in [0.25, 0.3) is 23.9 Å². The Kier molecular flexibility index (Phi) is 7.32. The predicted octanol–water partition coefficient (Wildman–Crippen LogP) is 8.10. The molecular weight excluding hydrogens is 589 g/mol. The molecule has 2 N–H and O–H groups in total. The van der Waals surface area contributed by atoms with Gasteiger partial charge in [0.15, 0.2) is 0 Å². The van der Waals surface area contributed by atoms with Crippen molar-refractivity contribution in [3.05, 3.63) is 165 Å². The smallest absolute Gasteiger partial charge is 0.131 e. The molecule has 1 aromatic heterocycles. The molecule has 5 heteroatoms. The van der Waals surface area contributed by atoms with Crippen LogP contribution in [0.1, 0.15) is 77.3 Å². The number of nitrogens with two attached hydrogens (primary N) is 1. The van der Waals surface area contributed by atoms with Gasteiger partial charge in [0.1, 0.15) is 11.2 Å². The van der Waals surface area contributed by atoms with Crippen LogP contribution in [-0.4, -0.2) is 11.8 Å². The minimum Gasteiger partial charge on any atom is -0.460 e. The Labute approximate surface area is 281 Å². The zero-order valence-electron chi connectivity index (χ0n) is 27.0. The fourth-order valence-electron chi connectivity index (χ4n) is 7.53. The van der Waals surface area contributed by atoms with Crippen LogP contribution < -0.4 is 21.3 Å². The Bertz CT molecular complexity index is 2300. The highest BCUT2D eigenvalue weighted by Gasteiger charge is 2.48. The first kappa shape index (κ1) is 29.7. The molecule has 0 radical (unpaired) electrons. The second-order valence-electron chi connectivity index (χ2n) is 13.1. The quantitative estimate of drug-likeness (QED) is 0.194. The molecule has 4 atom stereocenters. The molecule has 4 aromatic carbocycles. The fraction of sp³-hybridized carbons (Fsp3) is 0.163. The molecule has 234 valence electrons. The Morgan fingerprint density at radius 1 is 1.02 bits per heavy atom. The third kappa shape index (κ3) is 5.02. The Morgan fingerprint density at radius 2 is 1.83 bits per heavy atom. The Morgan fingerprint density at radius 3 is 2.69 bits per heavy atom. The largest absolute Gasteiger partial charge is 0.460 e. The molecule has 0 spiro atoms. The lowest BCUT2D eigenvalue weighted by Crippen LogP contribution is -2.47. The van der Waals surface area contributed by atoms with Crippen LogP contribution in [-0.2, 0) is 0 Å². The van der Waals surface area contributed by atoms with Gasteiger partial charge in [0.25, 0.3) is 0 Å². The standard InChI is InChI=1S/C43H36N4O/c1-28-11-8-19-34-36-25-43(2)37(23-41(36)48-42(28)34)35-18-6-7-20-40(35)47(43)33-17-10-13-30(22-33)27-46-39(32-16-9-12-29(21-32)26-44)24-38(45)31-14-4-3-5-15-31/h3-10,12-25,27-28,37-38H,11,45H2,1-2H3/b39-24-,46-27?. The number of para-hydroxylation sites is 1. The molecule has 8 rings (SSSR count). The van der Waals surface area contributed by atoms with E-state index >= 15 is 0 Å². The lowest BCUT2D eigenvalue weighted by molar-refractivity contribution is 0.443. The Balaban J connectivity index is 1.20. The van der Waals surface area contributed by atoms with Gasteiger partial charge in [0.2, 0.25) is 0 Å². The lowest BCUT2D eigenvalue weighted by Gasteiger charge is -2.39. The van der Waals surface area contributed by atoms with Gasteiger partial charge in [-0.25, -0.2) is 0 Å². The average Bonchev–Trinajstić information content (AvgIpc) is 3.61. The molecule has 2 heterocycles. The molecule has 0 fully saturated rings. The maximum absolute atomic E-state index is 9.58. The monoisotopic (exact) mass is 624 g/mol. The summed E-state index contributed by atoms with van der Waals surface area (Å²) in [7, 11) is 0. The van der Waals surface area contributed by atoms with E-state index in [1.165, 1.54) is 22.0 Å². The number of rotatable bonds is 6. The van der Waals surface area contributed by atoms with E-state index in [9.17, 15) is 5.26 Å². The maximum Gasteiger partial charge on any atom is 0.131 e. The van der Waals surface area contributed by atoms with E-state index in [-0.39, 0.29) is 17.5 Å². The highest BCUT2D eigenvalue weighted by molar-refractivity contribution is 5.89. The van der Waals surface area contributed by atoms with E-state index in [2.05, 4.69) is 97.7 Å². The topological polar surface area (TPSA) is 78.6 Å². The number of allylic oxidation sites excluding steroid dienone is 1. The molecule has 48 heavy (non-hydrogen) atoms. The van der Waals surface area contributed by atoms with Gasteiger partial charge in [-0.3, -0.25) is 4.99 Å². The summed E-state index contributed by atoms with van der Waals surface area (Å²) in [6.07, 6.45) is 14.1. The van der Waals surface area contributed by atoms with Crippen molar-refractivity contribution in [2.75, 3.05) is 4.90 Å². The number of furan rings is 1. The number of nitrogens with zero attached hydrogens (tertiary/aromatic N) is 3. The summed E-state index contributed by atoms with van der Waals surface area (Å²) in [5, 5.41) is 10.8. The van der Waals surface area contributed by atoms with Crippen molar-refractivity contribution in [1.29, 1.82) is 5.26 Å². The number of anilines is 2. The van der Waals surface area contributed by atoms with Crippen molar-refractivity contribution in [3.8, 4) is 6.07 Å². The van der Waals surface area contributed by atoms with Crippen molar-refractivity contribution in [2.45, 2.75) is 43.7 Å². The van der Waals surface area contributed by atoms with Gasteiger partial charge in [-0.1, -0.05) is 91.9 Å². The number of nitriles is 1. The van der Waals surface area contributed by atoms with Gasteiger partial charge >= 0.3 is 0 Å². The van der Waals surface area contributed by atoms with Crippen LogP contribution in [0.5, 0.6) is 0 Å². The van der Waals surface area contributed by atoms with Crippen molar-refractivity contribution < 1.29 is 4.42 Å². The molecule has 0 amide bonds. The predicted molar refractivity (Wildman–Crippen MR) is 195 cm³/mol. The molecule has 4 unspecified atom stereocenters. The van der Waals surface area contributed by atoms with Crippen molar-refractivity contribution in [1.82, 2.24) is 0 Å². The minimum absolute atomic E-state index is 0.131. The zero-order chi connectivity index (χ0) is 32.8. The second-order valence-corrected chi connectivity index (χ2v) is 13.1. The number of hydrogen-bond acceptors (Lipinski definition) is 5. The minimum atomic E-state index is -0.358. The highest BCUT2D eigenvalue weighted by atomic mass is 16.3. The first-order valence-corrected chi connectivity index (χ1v) is 16.5. The van der Waals surface area contributed by atoms with Gasteiger partial charge in [-0.2, -0.15) is 5.26 Å². The first-order chi connectivity index (χ1) is 23.4. The van der Waals surface area contributed by atoms with Crippen LogP contribution in [0.2, 0.25) is 0 Å². The van der Waals surface area contributed by atoms with E-state index in [0.717, 1.165) is 40.0 Å². The van der Waals surface area contributed by atoms with Crippen LogP contribution >= 0.6 is 0 Å². The average molecular weight is 625 g/mol. The van der Waals surface area contributed by atoms with Crippen LogP contribution in [0.4, 0.5) is 11.4 Å². The summed E-state index contributed by atoms with van der Waals surface area (Å²) < 4.78 is 6.52.